The Morgan fingerprint density at radius 2 is 2.47 bits per heavy atom. The molecule has 4 heteroatoms. The van der Waals surface area contributed by atoms with Crippen molar-refractivity contribution in [1.82, 2.24) is 15.5 Å². The van der Waals surface area contributed by atoms with Crippen LogP contribution in [0.3, 0.4) is 0 Å². The first-order valence-corrected chi connectivity index (χ1v) is 5.41. The molecule has 1 N–H and O–H groups in total. The lowest BCUT2D eigenvalue weighted by molar-refractivity contribution is 0.355. The van der Waals surface area contributed by atoms with E-state index >= 15 is 0 Å². The number of nitrogens with one attached hydrogen (secondary N) is 1. The zero-order valence-corrected chi connectivity index (χ0v) is 9.40. The van der Waals surface area contributed by atoms with Gasteiger partial charge in [0, 0.05) is 25.8 Å². The van der Waals surface area contributed by atoms with Gasteiger partial charge < -0.3 is 10.2 Å². The lowest BCUT2D eigenvalue weighted by Crippen LogP contribution is -2.33. The molecule has 0 bridgehead atoms. The van der Waals surface area contributed by atoms with E-state index in [0.717, 1.165) is 25.5 Å². The van der Waals surface area contributed by atoms with Crippen LogP contribution < -0.4 is 10.2 Å². The molecule has 1 unspecified atom stereocenters. The summed E-state index contributed by atoms with van der Waals surface area (Å²) in [5.41, 5.74) is 0.367. The third-order valence-electron chi connectivity index (χ3n) is 3.04. The lowest BCUT2D eigenvalue weighted by Gasteiger charge is -2.24. The highest BCUT2D eigenvalue weighted by Gasteiger charge is 2.33. The Kier molecular flexibility index (Phi) is 2.86. The summed E-state index contributed by atoms with van der Waals surface area (Å²) in [6, 6.07) is 3.97. The predicted molar refractivity (Wildman–Crippen MR) is 60.9 cm³/mol. The molecule has 1 fully saturated rings. The first-order chi connectivity index (χ1) is 7.23. The molecule has 82 valence electrons. The van der Waals surface area contributed by atoms with Crippen molar-refractivity contribution in [2.45, 2.75) is 13.3 Å². The Bertz CT molecular complexity index is 314. The van der Waals surface area contributed by atoms with Gasteiger partial charge in [-0.05, 0) is 31.0 Å². The van der Waals surface area contributed by atoms with Crippen LogP contribution >= 0.6 is 0 Å². The van der Waals surface area contributed by atoms with Crippen LogP contribution in [-0.2, 0) is 0 Å². The Morgan fingerprint density at radius 3 is 3.13 bits per heavy atom. The number of hydrogen-bond donors (Lipinski definition) is 1. The third kappa shape index (κ3) is 2.26. The fraction of sp³-hybridized carbons (Fsp3) is 0.636. The average molecular weight is 206 g/mol. The molecule has 0 amide bonds. The summed E-state index contributed by atoms with van der Waals surface area (Å²) in [4.78, 5) is 2.31. The van der Waals surface area contributed by atoms with Crippen molar-refractivity contribution in [2.75, 3.05) is 31.6 Å². The predicted octanol–water partition coefficient (Wildman–Crippen LogP) is 0.912. The van der Waals surface area contributed by atoms with E-state index in [1.807, 2.05) is 19.2 Å². The minimum Gasteiger partial charge on any atom is -0.355 e. The standard InChI is InChI=1S/C11H18N4/c1-11(8-12-2)5-7-15(9-11)10-4-3-6-13-14-10/h3-4,6,12H,5,7-9H2,1-2H3. The summed E-state index contributed by atoms with van der Waals surface area (Å²) in [6.45, 7) is 5.52. The van der Waals surface area contributed by atoms with Gasteiger partial charge in [-0.15, -0.1) is 5.10 Å². The van der Waals surface area contributed by atoms with Gasteiger partial charge in [0.25, 0.3) is 0 Å². The Balaban J connectivity index is 2.04. The maximum atomic E-state index is 4.14. The molecule has 1 aromatic rings. The molecular formula is C11H18N4. The summed E-state index contributed by atoms with van der Waals surface area (Å²) in [6.07, 6.45) is 2.93. The van der Waals surface area contributed by atoms with Crippen LogP contribution in [0.2, 0.25) is 0 Å². The van der Waals surface area contributed by atoms with E-state index in [0.29, 0.717) is 5.41 Å². The van der Waals surface area contributed by atoms with Gasteiger partial charge in [0.05, 0.1) is 0 Å². The summed E-state index contributed by atoms with van der Waals surface area (Å²) in [5, 5.41) is 11.3. The van der Waals surface area contributed by atoms with Crippen molar-refractivity contribution in [3.05, 3.63) is 18.3 Å². The van der Waals surface area contributed by atoms with Gasteiger partial charge in [-0.3, -0.25) is 0 Å². The highest BCUT2D eigenvalue weighted by atomic mass is 15.3. The third-order valence-corrected chi connectivity index (χ3v) is 3.04. The lowest BCUT2D eigenvalue weighted by atomic mass is 9.90. The van der Waals surface area contributed by atoms with Crippen LogP contribution in [0.15, 0.2) is 18.3 Å². The summed E-state index contributed by atoms with van der Waals surface area (Å²) >= 11 is 0. The van der Waals surface area contributed by atoms with Gasteiger partial charge in [0.15, 0.2) is 5.82 Å². The molecule has 1 saturated heterocycles. The SMILES string of the molecule is CNCC1(C)CCN(c2cccnn2)C1. The summed E-state index contributed by atoms with van der Waals surface area (Å²) < 4.78 is 0. The van der Waals surface area contributed by atoms with E-state index in [9.17, 15) is 0 Å². The highest BCUT2D eigenvalue weighted by molar-refractivity contribution is 5.38. The first kappa shape index (κ1) is 10.4. The molecule has 0 saturated carbocycles. The Morgan fingerprint density at radius 1 is 1.60 bits per heavy atom. The molecule has 0 radical (unpaired) electrons. The van der Waals surface area contributed by atoms with Gasteiger partial charge in [-0.1, -0.05) is 6.92 Å². The maximum Gasteiger partial charge on any atom is 0.151 e. The van der Waals surface area contributed by atoms with Gasteiger partial charge >= 0.3 is 0 Å². The van der Waals surface area contributed by atoms with Crippen molar-refractivity contribution in [1.29, 1.82) is 0 Å². The fourth-order valence-electron chi connectivity index (χ4n) is 2.25. The van der Waals surface area contributed by atoms with E-state index in [1.54, 1.807) is 6.20 Å². The van der Waals surface area contributed by atoms with Crippen LogP contribution in [0.5, 0.6) is 0 Å². The molecule has 0 spiro atoms. The highest BCUT2D eigenvalue weighted by Crippen LogP contribution is 2.31. The van der Waals surface area contributed by atoms with Gasteiger partial charge in [0.1, 0.15) is 0 Å². The van der Waals surface area contributed by atoms with Gasteiger partial charge in [-0.25, -0.2) is 0 Å². The number of aromatic nitrogens is 2. The second-order valence-electron chi connectivity index (χ2n) is 4.59. The molecule has 1 aromatic heterocycles. The van der Waals surface area contributed by atoms with Crippen molar-refractivity contribution in [3.8, 4) is 0 Å². The van der Waals surface area contributed by atoms with Crippen LogP contribution in [0.1, 0.15) is 13.3 Å². The van der Waals surface area contributed by atoms with Gasteiger partial charge in [-0.2, -0.15) is 5.10 Å². The molecule has 1 aliphatic heterocycles. The largest absolute Gasteiger partial charge is 0.355 e. The van der Waals surface area contributed by atoms with E-state index in [2.05, 4.69) is 27.3 Å². The van der Waals surface area contributed by atoms with Crippen molar-refractivity contribution in [2.24, 2.45) is 5.41 Å². The van der Waals surface area contributed by atoms with Crippen molar-refractivity contribution in [3.63, 3.8) is 0 Å². The van der Waals surface area contributed by atoms with E-state index in [4.69, 9.17) is 0 Å². The van der Waals surface area contributed by atoms with E-state index in [-0.39, 0.29) is 0 Å². The topological polar surface area (TPSA) is 41.0 Å². The summed E-state index contributed by atoms with van der Waals surface area (Å²) in [5.74, 6) is 0.998. The number of rotatable bonds is 3. The molecule has 2 rings (SSSR count). The second kappa shape index (κ2) is 4.14. The minimum atomic E-state index is 0.367. The normalized spacial score (nSPS) is 25.9. The average Bonchev–Trinajstić information content (AvgIpc) is 2.63. The molecule has 15 heavy (non-hydrogen) atoms. The van der Waals surface area contributed by atoms with Crippen LogP contribution in [-0.4, -0.2) is 36.9 Å². The van der Waals surface area contributed by atoms with Crippen LogP contribution in [0, 0.1) is 5.41 Å². The molecule has 1 aliphatic rings. The summed E-state index contributed by atoms with van der Waals surface area (Å²) in [7, 11) is 2.01. The number of anilines is 1. The van der Waals surface area contributed by atoms with Crippen LogP contribution in [0.25, 0.3) is 0 Å². The van der Waals surface area contributed by atoms with Crippen molar-refractivity contribution < 1.29 is 0 Å². The smallest absolute Gasteiger partial charge is 0.151 e. The van der Waals surface area contributed by atoms with E-state index in [1.165, 1.54) is 6.42 Å². The minimum absolute atomic E-state index is 0.367. The van der Waals surface area contributed by atoms with E-state index < -0.39 is 0 Å². The Labute approximate surface area is 90.7 Å². The van der Waals surface area contributed by atoms with Crippen LogP contribution in [0.4, 0.5) is 5.82 Å². The quantitative estimate of drug-likeness (QED) is 0.798. The molecular weight excluding hydrogens is 188 g/mol. The zero-order chi connectivity index (χ0) is 10.7. The van der Waals surface area contributed by atoms with Crippen molar-refractivity contribution >= 4 is 5.82 Å². The zero-order valence-electron chi connectivity index (χ0n) is 9.40. The number of hydrogen-bond acceptors (Lipinski definition) is 4. The molecule has 0 aliphatic carbocycles. The van der Waals surface area contributed by atoms with Gasteiger partial charge in [0.2, 0.25) is 0 Å². The molecule has 4 nitrogen and oxygen atoms in total. The Hall–Kier alpha value is -1.16. The molecule has 0 aromatic carbocycles. The number of nitrogens with zero attached hydrogens (tertiary/aromatic N) is 3. The monoisotopic (exact) mass is 206 g/mol. The first-order valence-electron chi connectivity index (χ1n) is 5.41. The maximum absolute atomic E-state index is 4.14. The molecule has 1 atom stereocenters. The second-order valence-corrected chi connectivity index (χ2v) is 4.59. The fourth-order valence-corrected chi connectivity index (χ4v) is 2.25. The molecule has 2 heterocycles.